The van der Waals surface area contributed by atoms with E-state index in [0.29, 0.717) is 10.8 Å². The first-order valence-corrected chi connectivity index (χ1v) is 8.16. The summed E-state index contributed by atoms with van der Waals surface area (Å²) in [5.74, 6) is 0.445. The van der Waals surface area contributed by atoms with E-state index >= 15 is 0 Å². The number of amides is 1. The van der Waals surface area contributed by atoms with E-state index in [0.717, 1.165) is 12.0 Å². The molecule has 0 radical (unpaired) electrons. The summed E-state index contributed by atoms with van der Waals surface area (Å²) in [5, 5.41) is 3.62. The van der Waals surface area contributed by atoms with E-state index < -0.39 is 6.10 Å². The molecular weight excluding hydrogens is 310 g/mol. The van der Waals surface area contributed by atoms with Crippen LogP contribution in [0.1, 0.15) is 37.4 Å². The lowest BCUT2D eigenvalue weighted by Crippen LogP contribution is -2.38. The van der Waals surface area contributed by atoms with Crippen LogP contribution in [0.5, 0.6) is 5.75 Å². The van der Waals surface area contributed by atoms with Crippen LogP contribution >= 0.6 is 11.6 Å². The predicted molar refractivity (Wildman–Crippen MR) is 93.9 cm³/mol. The van der Waals surface area contributed by atoms with E-state index in [2.05, 4.69) is 17.4 Å². The first-order valence-electron chi connectivity index (χ1n) is 7.78. The van der Waals surface area contributed by atoms with Gasteiger partial charge in [0.25, 0.3) is 5.91 Å². The first kappa shape index (κ1) is 17.4. The molecule has 0 fully saturated rings. The Morgan fingerprint density at radius 2 is 1.91 bits per heavy atom. The van der Waals surface area contributed by atoms with Gasteiger partial charge >= 0.3 is 0 Å². The molecule has 1 amide bonds. The van der Waals surface area contributed by atoms with Crippen LogP contribution in [-0.2, 0) is 4.79 Å². The van der Waals surface area contributed by atoms with Gasteiger partial charge in [0.1, 0.15) is 5.75 Å². The summed E-state index contributed by atoms with van der Waals surface area (Å²) in [5.41, 5.74) is 2.30. The normalized spacial score (nSPS) is 13.2. The molecule has 2 atom stereocenters. The average Bonchev–Trinajstić information content (AvgIpc) is 2.53. The molecule has 2 aromatic carbocycles. The molecule has 0 aromatic heterocycles. The van der Waals surface area contributed by atoms with E-state index in [1.807, 2.05) is 26.0 Å². The van der Waals surface area contributed by atoms with Crippen LogP contribution in [0.2, 0.25) is 5.02 Å². The van der Waals surface area contributed by atoms with Crippen molar-refractivity contribution in [2.75, 3.05) is 0 Å². The summed E-state index contributed by atoms with van der Waals surface area (Å²) in [6.07, 6.45) is 0.228. The van der Waals surface area contributed by atoms with Crippen molar-refractivity contribution in [3.8, 4) is 5.75 Å². The molecule has 2 rings (SSSR count). The van der Waals surface area contributed by atoms with Crippen LogP contribution in [0, 0.1) is 6.92 Å². The second-order valence-electron chi connectivity index (χ2n) is 5.60. The number of aryl methyl sites for hydroxylation is 1. The number of benzene rings is 2. The topological polar surface area (TPSA) is 38.3 Å². The maximum absolute atomic E-state index is 12.4. The average molecular weight is 332 g/mol. The molecule has 0 saturated heterocycles. The van der Waals surface area contributed by atoms with E-state index in [1.54, 1.807) is 31.2 Å². The van der Waals surface area contributed by atoms with Crippen LogP contribution in [0.3, 0.4) is 0 Å². The third-order valence-corrected chi connectivity index (χ3v) is 3.92. The summed E-state index contributed by atoms with van der Waals surface area (Å²) in [6.45, 7) is 5.83. The Morgan fingerprint density at radius 3 is 2.52 bits per heavy atom. The Kier molecular flexibility index (Phi) is 6.05. The summed E-state index contributed by atoms with van der Waals surface area (Å²) in [6, 6.07) is 15.2. The van der Waals surface area contributed by atoms with Crippen LogP contribution in [0.15, 0.2) is 48.5 Å². The van der Waals surface area contributed by atoms with Crippen molar-refractivity contribution in [3.63, 3.8) is 0 Å². The van der Waals surface area contributed by atoms with Gasteiger partial charge in [-0.15, -0.1) is 0 Å². The molecule has 2 aromatic rings. The molecule has 23 heavy (non-hydrogen) atoms. The van der Waals surface area contributed by atoms with Crippen molar-refractivity contribution in [1.29, 1.82) is 0 Å². The summed E-state index contributed by atoms with van der Waals surface area (Å²) in [7, 11) is 0. The highest BCUT2D eigenvalue weighted by molar-refractivity contribution is 6.30. The Labute approximate surface area is 142 Å². The number of hydrogen-bond donors (Lipinski definition) is 1. The number of ether oxygens (including phenoxy) is 1. The minimum atomic E-state index is -0.590. The van der Waals surface area contributed by atoms with Gasteiger partial charge in [0.2, 0.25) is 0 Å². The van der Waals surface area contributed by atoms with Crippen LogP contribution in [0.25, 0.3) is 0 Å². The van der Waals surface area contributed by atoms with E-state index in [4.69, 9.17) is 16.3 Å². The van der Waals surface area contributed by atoms with E-state index in [9.17, 15) is 4.79 Å². The molecule has 1 N–H and O–H groups in total. The van der Waals surface area contributed by atoms with Gasteiger partial charge in [-0.25, -0.2) is 0 Å². The lowest BCUT2D eigenvalue weighted by molar-refractivity contribution is -0.128. The van der Waals surface area contributed by atoms with Crippen molar-refractivity contribution >= 4 is 17.5 Å². The van der Waals surface area contributed by atoms with Crippen molar-refractivity contribution in [2.24, 2.45) is 0 Å². The second-order valence-corrected chi connectivity index (χ2v) is 6.03. The smallest absolute Gasteiger partial charge is 0.261 e. The summed E-state index contributed by atoms with van der Waals surface area (Å²) >= 11 is 5.93. The quantitative estimate of drug-likeness (QED) is 0.834. The second kappa shape index (κ2) is 8.02. The van der Waals surface area contributed by atoms with Gasteiger partial charge in [0.05, 0.1) is 6.04 Å². The Morgan fingerprint density at radius 1 is 1.22 bits per heavy atom. The first-order chi connectivity index (χ1) is 11.0. The standard InChI is InChI=1S/C19H22ClNO2/c1-4-18(15-10-8-13(2)9-11-15)21-19(22)14(3)23-17-7-5-6-16(20)12-17/h5-12,14,18H,4H2,1-3H3,(H,21,22)/t14-,18-/m1/s1. The Bertz CT molecular complexity index is 655. The summed E-state index contributed by atoms with van der Waals surface area (Å²) in [4.78, 5) is 12.4. The maximum Gasteiger partial charge on any atom is 0.261 e. The molecule has 0 aliphatic heterocycles. The van der Waals surface area contributed by atoms with Crippen LogP contribution in [0.4, 0.5) is 0 Å². The molecule has 0 heterocycles. The fraction of sp³-hybridized carbons (Fsp3) is 0.316. The molecule has 0 bridgehead atoms. The van der Waals surface area contributed by atoms with Gasteiger partial charge in [0.15, 0.2) is 6.10 Å². The van der Waals surface area contributed by atoms with Crippen molar-refractivity contribution in [1.82, 2.24) is 5.32 Å². The molecule has 0 spiro atoms. The fourth-order valence-corrected chi connectivity index (χ4v) is 2.49. The Balaban J connectivity index is 1.99. The SMILES string of the molecule is CC[C@@H](NC(=O)[C@@H](C)Oc1cccc(Cl)c1)c1ccc(C)cc1. The van der Waals surface area contributed by atoms with Gasteiger partial charge in [-0.05, 0) is 44.0 Å². The van der Waals surface area contributed by atoms with Crippen molar-refractivity contribution in [2.45, 2.75) is 39.3 Å². The number of halogens is 1. The monoisotopic (exact) mass is 331 g/mol. The van der Waals surface area contributed by atoms with E-state index in [1.165, 1.54) is 5.56 Å². The molecule has 122 valence electrons. The summed E-state index contributed by atoms with van der Waals surface area (Å²) < 4.78 is 5.66. The third-order valence-electron chi connectivity index (χ3n) is 3.68. The zero-order chi connectivity index (χ0) is 16.8. The number of hydrogen-bond acceptors (Lipinski definition) is 2. The van der Waals surface area contributed by atoms with Gasteiger partial charge in [-0.1, -0.05) is 54.4 Å². The molecule has 4 heteroatoms. The molecule has 0 saturated carbocycles. The van der Waals surface area contributed by atoms with Crippen LogP contribution in [-0.4, -0.2) is 12.0 Å². The largest absolute Gasteiger partial charge is 0.481 e. The van der Waals surface area contributed by atoms with Gasteiger partial charge in [0, 0.05) is 5.02 Å². The number of carbonyl (C=O) groups is 1. The van der Waals surface area contributed by atoms with Crippen molar-refractivity contribution in [3.05, 3.63) is 64.7 Å². The highest BCUT2D eigenvalue weighted by Crippen LogP contribution is 2.20. The minimum absolute atomic E-state index is 0.0199. The lowest BCUT2D eigenvalue weighted by Gasteiger charge is -2.21. The number of nitrogens with one attached hydrogen (secondary N) is 1. The fourth-order valence-electron chi connectivity index (χ4n) is 2.31. The molecule has 0 aliphatic rings. The number of rotatable bonds is 6. The van der Waals surface area contributed by atoms with Gasteiger partial charge in [-0.2, -0.15) is 0 Å². The third kappa shape index (κ3) is 5.00. The van der Waals surface area contributed by atoms with Crippen molar-refractivity contribution < 1.29 is 9.53 Å². The van der Waals surface area contributed by atoms with Gasteiger partial charge in [-0.3, -0.25) is 4.79 Å². The highest BCUT2D eigenvalue weighted by atomic mass is 35.5. The minimum Gasteiger partial charge on any atom is -0.481 e. The zero-order valence-electron chi connectivity index (χ0n) is 13.7. The Hall–Kier alpha value is -2.00. The zero-order valence-corrected chi connectivity index (χ0v) is 14.4. The maximum atomic E-state index is 12.4. The predicted octanol–water partition coefficient (Wildman–Crippen LogP) is 4.68. The highest BCUT2D eigenvalue weighted by Gasteiger charge is 2.19. The lowest BCUT2D eigenvalue weighted by atomic mass is 10.0. The van der Waals surface area contributed by atoms with Crippen LogP contribution < -0.4 is 10.1 Å². The number of carbonyl (C=O) groups excluding carboxylic acids is 1. The van der Waals surface area contributed by atoms with Gasteiger partial charge < -0.3 is 10.1 Å². The van der Waals surface area contributed by atoms with E-state index in [-0.39, 0.29) is 11.9 Å². The molecule has 0 aliphatic carbocycles. The molecular formula is C19H22ClNO2. The molecule has 0 unspecified atom stereocenters. The molecule has 3 nitrogen and oxygen atoms in total.